The highest BCUT2D eigenvalue weighted by molar-refractivity contribution is 5.39. The summed E-state index contributed by atoms with van der Waals surface area (Å²) in [6.07, 6.45) is 0.0932. The Morgan fingerprint density at radius 2 is 1.83 bits per heavy atom. The first-order valence-corrected chi connectivity index (χ1v) is 5.45. The SMILES string of the molecule is O=[N+]([O-])c1cccc([CH]C(F)c2ccccc2)c1. The van der Waals surface area contributed by atoms with Crippen LogP contribution < -0.4 is 0 Å². The van der Waals surface area contributed by atoms with Crippen LogP contribution in [-0.4, -0.2) is 4.92 Å². The predicted octanol–water partition coefficient (Wildman–Crippen LogP) is 3.86. The van der Waals surface area contributed by atoms with Crippen LogP contribution in [-0.2, 0) is 0 Å². The third-order valence-electron chi connectivity index (χ3n) is 2.54. The van der Waals surface area contributed by atoms with E-state index in [-0.39, 0.29) is 5.69 Å². The van der Waals surface area contributed by atoms with Crippen molar-refractivity contribution in [2.75, 3.05) is 0 Å². The van der Waals surface area contributed by atoms with E-state index in [2.05, 4.69) is 0 Å². The number of alkyl halides is 1. The van der Waals surface area contributed by atoms with Gasteiger partial charge < -0.3 is 0 Å². The number of nitrogens with zero attached hydrogens (tertiary/aromatic N) is 1. The lowest BCUT2D eigenvalue weighted by Gasteiger charge is -2.07. The fourth-order valence-corrected chi connectivity index (χ4v) is 1.64. The minimum Gasteiger partial charge on any atom is -0.258 e. The average Bonchev–Trinajstić information content (AvgIpc) is 2.40. The summed E-state index contributed by atoms with van der Waals surface area (Å²) in [6, 6.07) is 14.6. The number of non-ortho nitro benzene ring substituents is 1. The van der Waals surface area contributed by atoms with Crippen LogP contribution >= 0.6 is 0 Å². The van der Waals surface area contributed by atoms with Crippen molar-refractivity contribution in [1.29, 1.82) is 0 Å². The fourth-order valence-electron chi connectivity index (χ4n) is 1.64. The van der Waals surface area contributed by atoms with Gasteiger partial charge in [-0.2, -0.15) is 0 Å². The van der Waals surface area contributed by atoms with Crippen LogP contribution in [0.1, 0.15) is 17.3 Å². The molecular formula is C14H11FNO2. The second-order valence-corrected chi connectivity index (χ2v) is 3.83. The molecule has 0 saturated heterocycles. The molecule has 2 aromatic carbocycles. The molecule has 3 nitrogen and oxygen atoms in total. The maximum atomic E-state index is 13.9. The summed E-state index contributed by atoms with van der Waals surface area (Å²) in [7, 11) is 0. The van der Waals surface area contributed by atoms with Gasteiger partial charge in [-0.1, -0.05) is 42.5 Å². The summed E-state index contributed by atoms with van der Waals surface area (Å²) in [5, 5.41) is 10.6. The minimum atomic E-state index is -1.27. The molecule has 0 N–H and O–H groups in total. The van der Waals surface area contributed by atoms with Crippen LogP contribution in [0.15, 0.2) is 54.6 Å². The van der Waals surface area contributed by atoms with Gasteiger partial charge >= 0.3 is 0 Å². The van der Waals surface area contributed by atoms with E-state index in [1.54, 1.807) is 36.4 Å². The van der Waals surface area contributed by atoms with Gasteiger partial charge in [0.2, 0.25) is 0 Å². The second kappa shape index (κ2) is 5.40. The molecule has 0 aliphatic carbocycles. The third-order valence-corrected chi connectivity index (χ3v) is 2.54. The lowest BCUT2D eigenvalue weighted by molar-refractivity contribution is -0.384. The number of halogens is 1. The molecule has 2 rings (SSSR count). The normalized spacial score (nSPS) is 12.1. The number of nitro groups is 1. The Balaban J connectivity index is 2.14. The largest absolute Gasteiger partial charge is 0.269 e. The second-order valence-electron chi connectivity index (χ2n) is 3.83. The Hall–Kier alpha value is -2.23. The summed E-state index contributed by atoms with van der Waals surface area (Å²) in [6.45, 7) is 0. The van der Waals surface area contributed by atoms with Gasteiger partial charge in [0.15, 0.2) is 0 Å². The van der Waals surface area contributed by atoms with E-state index >= 15 is 0 Å². The first-order valence-electron chi connectivity index (χ1n) is 5.45. The van der Waals surface area contributed by atoms with Gasteiger partial charge in [0, 0.05) is 18.6 Å². The standard InChI is InChI=1S/C14H11FNO2/c15-14(12-6-2-1-3-7-12)10-11-5-4-8-13(9-11)16(17)18/h1-10,14H. The molecule has 4 heteroatoms. The summed E-state index contributed by atoms with van der Waals surface area (Å²) in [5.74, 6) is 0. The van der Waals surface area contributed by atoms with E-state index < -0.39 is 11.1 Å². The Labute approximate surface area is 104 Å². The zero-order valence-corrected chi connectivity index (χ0v) is 9.49. The van der Waals surface area contributed by atoms with Crippen LogP contribution in [0, 0.1) is 16.5 Å². The molecule has 0 amide bonds. The molecule has 91 valence electrons. The molecular weight excluding hydrogens is 233 g/mol. The van der Waals surface area contributed by atoms with Gasteiger partial charge in [-0.05, 0) is 11.1 Å². The summed E-state index contributed by atoms with van der Waals surface area (Å²) < 4.78 is 13.9. The maximum Gasteiger partial charge on any atom is 0.269 e. The molecule has 0 aromatic heterocycles. The molecule has 18 heavy (non-hydrogen) atoms. The quantitative estimate of drug-likeness (QED) is 0.605. The molecule has 0 saturated carbocycles. The molecule has 2 aromatic rings. The van der Waals surface area contributed by atoms with Crippen molar-refractivity contribution in [3.63, 3.8) is 0 Å². The Kier molecular flexibility index (Phi) is 3.67. The molecule has 1 atom stereocenters. The Bertz CT molecular complexity index is 543. The van der Waals surface area contributed by atoms with Crippen molar-refractivity contribution in [3.05, 3.63) is 82.3 Å². The average molecular weight is 244 g/mol. The Morgan fingerprint density at radius 3 is 2.50 bits per heavy atom. The summed E-state index contributed by atoms with van der Waals surface area (Å²) in [5.41, 5.74) is 0.994. The molecule has 0 aliphatic rings. The van der Waals surface area contributed by atoms with Gasteiger partial charge in [-0.15, -0.1) is 0 Å². The van der Waals surface area contributed by atoms with Gasteiger partial charge in [-0.3, -0.25) is 10.1 Å². The van der Waals surface area contributed by atoms with Crippen molar-refractivity contribution in [3.8, 4) is 0 Å². The van der Waals surface area contributed by atoms with Crippen LogP contribution in [0.25, 0.3) is 0 Å². The minimum absolute atomic E-state index is 0.0380. The van der Waals surface area contributed by atoms with Crippen molar-refractivity contribution >= 4 is 5.69 Å². The zero-order valence-electron chi connectivity index (χ0n) is 9.49. The topological polar surface area (TPSA) is 43.1 Å². The van der Waals surface area contributed by atoms with Crippen LogP contribution in [0.5, 0.6) is 0 Å². The lowest BCUT2D eigenvalue weighted by atomic mass is 10.0. The molecule has 1 unspecified atom stereocenters. The molecule has 0 aliphatic heterocycles. The van der Waals surface area contributed by atoms with Crippen molar-refractivity contribution in [2.45, 2.75) is 6.17 Å². The van der Waals surface area contributed by atoms with Gasteiger partial charge in [-0.25, -0.2) is 4.39 Å². The first kappa shape index (κ1) is 12.2. The monoisotopic (exact) mass is 244 g/mol. The number of hydrogen-bond donors (Lipinski definition) is 0. The van der Waals surface area contributed by atoms with Crippen LogP contribution in [0.4, 0.5) is 10.1 Å². The highest BCUT2D eigenvalue weighted by Gasteiger charge is 2.13. The Morgan fingerprint density at radius 1 is 1.11 bits per heavy atom. The van der Waals surface area contributed by atoms with E-state index in [1.165, 1.54) is 18.6 Å². The lowest BCUT2D eigenvalue weighted by Crippen LogP contribution is -1.95. The maximum absolute atomic E-state index is 13.9. The number of benzene rings is 2. The van der Waals surface area contributed by atoms with E-state index in [9.17, 15) is 14.5 Å². The molecule has 0 heterocycles. The van der Waals surface area contributed by atoms with Crippen molar-refractivity contribution in [2.24, 2.45) is 0 Å². The van der Waals surface area contributed by atoms with Crippen LogP contribution in [0.2, 0.25) is 0 Å². The van der Waals surface area contributed by atoms with Gasteiger partial charge in [0.1, 0.15) is 6.17 Å². The molecule has 0 spiro atoms. The smallest absolute Gasteiger partial charge is 0.258 e. The van der Waals surface area contributed by atoms with E-state index in [4.69, 9.17) is 0 Å². The predicted molar refractivity (Wildman–Crippen MR) is 66.8 cm³/mol. The number of nitro benzene ring substituents is 1. The molecule has 1 radical (unpaired) electrons. The van der Waals surface area contributed by atoms with E-state index in [1.807, 2.05) is 6.07 Å². The third kappa shape index (κ3) is 2.91. The zero-order chi connectivity index (χ0) is 13.0. The van der Waals surface area contributed by atoms with Crippen LogP contribution in [0.3, 0.4) is 0 Å². The molecule has 0 fully saturated rings. The van der Waals surface area contributed by atoms with Gasteiger partial charge in [0.25, 0.3) is 5.69 Å². The van der Waals surface area contributed by atoms with E-state index in [0.717, 1.165) is 0 Å². The fraction of sp³-hybridized carbons (Fsp3) is 0.0714. The number of hydrogen-bond acceptors (Lipinski definition) is 2. The highest BCUT2D eigenvalue weighted by atomic mass is 19.1. The summed E-state index contributed by atoms with van der Waals surface area (Å²) >= 11 is 0. The highest BCUT2D eigenvalue weighted by Crippen LogP contribution is 2.25. The van der Waals surface area contributed by atoms with Crippen molar-refractivity contribution < 1.29 is 9.31 Å². The van der Waals surface area contributed by atoms with E-state index in [0.29, 0.717) is 11.1 Å². The van der Waals surface area contributed by atoms with Crippen molar-refractivity contribution in [1.82, 2.24) is 0 Å². The summed E-state index contributed by atoms with van der Waals surface area (Å²) in [4.78, 5) is 10.1. The molecule has 0 bridgehead atoms. The number of rotatable bonds is 4. The first-order chi connectivity index (χ1) is 8.66. The van der Waals surface area contributed by atoms with Gasteiger partial charge in [0.05, 0.1) is 4.92 Å².